The third-order valence-corrected chi connectivity index (χ3v) is 4.45. The number of hydrogen-bond donors (Lipinski definition) is 2. The van der Waals surface area contributed by atoms with Crippen molar-refractivity contribution in [3.8, 4) is 0 Å². The molecule has 0 bridgehead atoms. The number of rotatable bonds is 4. The van der Waals surface area contributed by atoms with Crippen LogP contribution >= 0.6 is 0 Å². The summed E-state index contributed by atoms with van der Waals surface area (Å²) in [4.78, 5) is 25.0. The molecular weight excluding hydrogens is 312 g/mol. The van der Waals surface area contributed by atoms with Crippen LogP contribution in [0.1, 0.15) is 58.5 Å². The van der Waals surface area contributed by atoms with Crippen LogP contribution in [-0.2, 0) is 12.8 Å². The van der Waals surface area contributed by atoms with E-state index in [-0.39, 0.29) is 17.9 Å². The van der Waals surface area contributed by atoms with Crippen LogP contribution in [-0.4, -0.2) is 17.9 Å². The van der Waals surface area contributed by atoms with Gasteiger partial charge in [0.1, 0.15) is 0 Å². The van der Waals surface area contributed by atoms with Crippen LogP contribution < -0.4 is 10.6 Å². The second-order valence-electron chi connectivity index (χ2n) is 6.82. The van der Waals surface area contributed by atoms with Gasteiger partial charge in [0.25, 0.3) is 11.8 Å². The van der Waals surface area contributed by atoms with E-state index in [2.05, 4.69) is 16.7 Å². The van der Waals surface area contributed by atoms with Crippen molar-refractivity contribution >= 4 is 17.5 Å². The van der Waals surface area contributed by atoms with Crippen molar-refractivity contribution in [2.45, 2.75) is 45.6 Å². The van der Waals surface area contributed by atoms with Gasteiger partial charge in [-0.1, -0.05) is 18.2 Å². The molecule has 0 fully saturated rings. The smallest absolute Gasteiger partial charge is 0.255 e. The topological polar surface area (TPSA) is 58.2 Å². The molecule has 2 aromatic carbocycles. The van der Waals surface area contributed by atoms with Crippen molar-refractivity contribution in [1.82, 2.24) is 5.32 Å². The number of carbonyl (C=O) groups is 2. The maximum absolute atomic E-state index is 12.7. The molecule has 0 radical (unpaired) electrons. The Bertz CT molecular complexity index is 796. The molecule has 0 spiro atoms. The highest BCUT2D eigenvalue weighted by molar-refractivity contribution is 6.09. The summed E-state index contributed by atoms with van der Waals surface area (Å²) in [5.74, 6) is -0.366. The molecule has 25 heavy (non-hydrogen) atoms. The lowest BCUT2D eigenvalue weighted by Gasteiger charge is -2.17. The van der Waals surface area contributed by atoms with Gasteiger partial charge in [-0.25, -0.2) is 0 Å². The normalized spacial score (nSPS) is 13.2. The van der Waals surface area contributed by atoms with Gasteiger partial charge in [-0.15, -0.1) is 0 Å². The van der Waals surface area contributed by atoms with Crippen molar-refractivity contribution in [2.75, 3.05) is 5.32 Å². The van der Waals surface area contributed by atoms with Crippen LogP contribution in [0.3, 0.4) is 0 Å². The van der Waals surface area contributed by atoms with E-state index in [0.29, 0.717) is 16.8 Å². The minimum atomic E-state index is -0.184. The third kappa shape index (κ3) is 4.08. The van der Waals surface area contributed by atoms with Crippen LogP contribution in [0, 0.1) is 0 Å². The molecule has 0 saturated heterocycles. The Morgan fingerprint density at radius 2 is 1.64 bits per heavy atom. The predicted octanol–water partition coefficient (Wildman–Crippen LogP) is 3.96. The largest absolute Gasteiger partial charge is 0.350 e. The van der Waals surface area contributed by atoms with Crippen molar-refractivity contribution in [3.05, 3.63) is 64.7 Å². The van der Waals surface area contributed by atoms with Crippen LogP contribution in [0.4, 0.5) is 5.69 Å². The summed E-state index contributed by atoms with van der Waals surface area (Å²) < 4.78 is 0. The Labute approximate surface area is 148 Å². The SMILES string of the molecule is CC(C)NC(=O)c1ccccc1NC(=O)c1ccc2c(c1)CCCC2. The molecule has 0 saturated carbocycles. The number of aryl methyl sites for hydroxylation is 2. The fourth-order valence-corrected chi connectivity index (χ4v) is 3.20. The van der Waals surface area contributed by atoms with Gasteiger partial charge < -0.3 is 10.6 Å². The van der Waals surface area contributed by atoms with E-state index in [9.17, 15) is 9.59 Å². The Balaban J connectivity index is 1.80. The van der Waals surface area contributed by atoms with Gasteiger partial charge in [-0.2, -0.15) is 0 Å². The first-order valence-electron chi connectivity index (χ1n) is 8.87. The summed E-state index contributed by atoms with van der Waals surface area (Å²) in [6.07, 6.45) is 4.52. The molecule has 0 heterocycles. The zero-order valence-electron chi connectivity index (χ0n) is 14.8. The van der Waals surface area contributed by atoms with Gasteiger partial charge in [-0.3, -0.25) is 9.59 Å². The third-order valence-electron chi connectivity index (χ3n) is 4.45. The number of amides is 2. The van der Waals surface area contributed by atoms with Crippen LogP contribution in [0.2, 0.25) is 0 Å². The second-order valence-corrected chi connectivity index (χ2v) is 6.82. The molecule has 0 aliphatic heterocycles. The predicted molar refractivity (Wildman–Crippen MR) is 100 cm³/mol. The van der Waals surface area contributed by atoms with Gasteiger partial charge in [-0.05, 0) is 74.9 Å². The van der Waals surface area contributed by atoms with Crippen molar-refractivity contribution in [2.24, 2.45) is 0 Å². The summed E-state index contributed by atoms with van der Waals surface area (Å²) in [6.45, 7) is 3.82. The maximum Gasteiger partial charge on any atom is 0.255 e. The van der Waals surface area contributed by atoms with Gasteiger partial charge in [0.2, 0.25) is 0 Å². The molecule has 4 nitrogen and oxygen atoms in total. The maximum atomic E-state index is 12.7. The van der Waals surface area contributed by atoms with Crippen molar-refractivity contribution < 1.29 is 9.59 Å². The van der Waals surface area contributed by atoms with E-state index in [1.165, 1.54) is 24.0 Å². The van der Waals surface area contributed by atoms with E-state index in [0.717, 1.165) is 12.8 Å². The first-order valence-corrected chi connectivity index (χ1v) is 8.87. The molecule has 1 aliphatic carbocycles. The fourth-order valence-electron chi connectivity index (χ4n) is 3.20. The average molecular weight is 336 g/mol. The monoisotopic (exact) mass is 336 g/mol. The Morgan fingerprint density at radius 3 is 2.40 bits per heavy atom. The van der Waals surface area contributed by atoms with E-state index in [1.807, 2.05) is 32.0 Å². The number of fused-ring (bicyclic) bond motifs is 1. The van der Waals surface area contributed by atoms with Gasteiger partial charge in [0.05, 0.1) is 11.3 Å². The van der Waals surface area contributed by atoms with Crippen molar-refractivity contribution in [3.63, 3.8) is 0 Å². The van der Waals surface area contributed by atoms with Gasteiger partial charge >= 0.3 is 0 Å². The van der Waals surface area contributed by atoms with Gasteiger partial charge in [0.15, 0.2) is 0 Å². The number of anilines is 1. The lowest BCUT2D eigenvalue weighted by atomic mass is 9.90. The summed E-state index contributed by atoms with van der Waals surface area (Å²) >= 11 is 0. The average Bonchev–Trinajstić information content (AvgIpc) is 2.61. The summed E-state index contributed by atoms with van der Waals surface area (Å²) in [6, 6.07) is 13.0. The second kappa shape index (κ2) is 7.51. The van der Waals surface area contributed by atoms with Crippen LogP contribution in [0.25, 0.3) is 0 Å². The highest BCUT2D eigenvalue weighted by atomic mass is 16.2. The van der Waals surface area contributed by atoms with Crippen LogP contribution in [0.5, 0.6) is 0 Å². The van der Waals surface area contributed by atoms with E-state index in [4.69, 9.17) is 0 Å². The summed E-state index contributed by atoms with van der Waals surface area (Å²) in [5, 5.41) is 5.75. The zero-order chi connectivity index (χ0) is 17.8. The molecule has 4 heteroatoms. The molecule has 2 aromatic rings. The molecule has 1 aliphatic rings. The molecule has 0 aromatic heterocycles. The number of hydrogen-bond acceptors (Lipinski definition) is 2. The lowest BCUT2D eigenvalue weighted by molar-refractivity contribution is 0.0944. The summed E-state index contributed by atoms with van der Waals surface area (Å²) in [5.41, 5.74) is 4.26. The van der Waals surface area contributed by atoms with E-state index in [1.54, 1.807) is 18.2 Å². The number of carbonyl (C=O) groups excluding carboxylic acids is 2. The minimum Gasteiger partial charge on any atom is -0.350 e. The van der Waals surface area contributed by atoms with Gasteiger partial charge in [0, 0.05) is 11.6 Å². The summed E-state index contributed by atoms with van der Waals surface area (Å²) in [7, 11) is 0. The fraction of sp³-hybridized carbons (Fsp3) is 0.333. The van der Waals surface area contributed by atoms with Crippen molar-refractivity contribution in [1.29, 1.82) is 0 Å². The highest BCUT2D eigenvalue weighted by Gasteiger charge is 2.16. The number of benzene rings is 2. The van der Waals surface area contributed by atoms with E-state index >= 15 is 0 Å². The first-order chi connectivity index (χ1) is 12.0. The molecule has 2 amide bonds. The quantitative estimate of drug-likeness (QED) is 0.888. The number of nitrogens with one attached hydrogen (secondary N) is 2. The first kappa shape index (κ1) is 17.2. The molecule has 130 valence electrons. The lowest BCUT2D eigenvalue weighted by Crippen LogP contribution is -2.31. The van der Waals surface area contributed by atoms with E-state index < -0.39 is 0 Å². The molecule has 2 N–H and O–H groups in total. The molecule has 0 atom stereocenters. The Morgan fingerprint density at radius 1 is 0.920 bits per heavy atom. The highest BCUT2D eigenvalue weighted by Crippen LogP contribution is 2.23. The Kier molecular flexibility index (Phi) is 5.17. The number of para-hydroxylation sites is 1. The molecular formula is C21H24N2O2. The molecule has 3 rings (SSSR count). The zero-order valence-corrected chi connectivity index (χ0v) is 14.8. The Hall–Kier alpha value is -2.62. The molecule has 0 unspecified atom stereocenters. The van der Waals surface area contributed by atoms with Crippen LogP contribution in [0.15, 0.2) is 42.5 Å². The minimum absolute atomic E-state index is 0.0388. The standard InChI is InChI=1S/C21H24N2O2/c1-14(2)22-21(25)18-9-5-6-10-19(18)23-20(24)17-12-11-15-7-3-4-8-16(15)13-17/h5-6,9-14H,3-4,7-8H2,1-2H3,(H,22,25)(H,23,24).